The molecule has 0 saturated carbocycles. The van der Waals surface area contributed by atoms with Crippen molar-refractivity contribution in [1.82, 2.24) is 21.5 Å². The third kappa shape index (κ3) is 6.07. The molecule has 0 spiro atoms. The number of nitrogens with one attached hydrogen (secondary N) is 4. The Labute approximate surface area is 157 Å². The van der Waals surface area contributed by atoms with E-state index in [0.717, 1.165) is 5.56 Å². The summed E-state index contributed by atoms with van der Waals surface area (Å²) in [6.07, 6.45) is -0.480. The Balaban J connectivity index is 1.92. The van der Waals surface area contributed by atoms with Gasteiger partial charge in [-0.25, -0.2) is 10.2 Å². The number of amides is 3. The second-order valence-corrected chi connectivity index (χ2v) is 6.52. The van der Waals surface area contributed by atoms with Crippen molar-refractivity contribution in [3.8, 4) is 0 Å². The summed E-state index contributed by atoms with van der Waals surface area (Å²) in [5, 5.41) is 5.06. The summed E-state index contributed by atoms with van der Waals surface area (Å²) in [7, 11) is 0. The van der Waals surface area contributed by atoms with Crippen molar-refractivity contribution in [2.24, 2.45) is 5.92 Å². The van der Waals surface area contributed by atoms with Crippen LogP contribution in [0.1, 0.15) is 25.8 Å². The molecular weight excluding hydrogens is 352 g/mol. The molecule has 1 fully saturated rings. The van der Waals surface area contributed by atoms with Crippen LogP contribution in [0.5, 0.6) is 0 Å². The molecule has 3 amide bonds. The summed E-state index contributed by atoms with van der Waals surface area (Å²) in [5.41, 5.74) is 5.64. The summed E-state index contributed by atoms with van der Waals surface area (Å²) < 4.78 is 5.14. The lowest BCUT2D eigenvalue weighted by Gasteiger charge is -2.23. The van der Waals surface area contributed by atoms with Crippen molar-refractivity contribution >= 4 is 23.7 Å². The molecule has 2 unspecified atom stereocenters. The maximum absolute atomic E-state index is 12.5. The predicted molar refractivity (Wildman–Crippen MR) is 96.1 cm³/mol. The van der Waals surface area contributed by atoms with Crippen LogP contribution in [0, 0.1) is 5.92 Å². The van der Waals surface area contributed by atoms with E-state index in [1.54, 1.807) is 13.8 Å². The Kier molecular flexibility index (Phi) is 7.30. The summed E-state index contributed by atoms with van der Waals surface area (Å²) in [5.74, 6) is -2.34. The van der Waals surface area contributed by atoms with Crippen molar-refractivity contribution in [1.29, 1.82) is 0 Å². The van der Waals surface area contributed by atoms with Crippen molar-refractivity contribution in [2.75, 3.05) is 6.54 Å². The number of carbonyl (C=O) groups excluding carboxylic acids is 4. The highest BCUT2D eigenvalue weighted by molar-refractivity contribution is 6.38. The van der Waals surface area contributed by atoms with E-state index in [1.165, 1.54) is 0 Å². The lowest BCUT2D eigenvalue weighted by atomic mass is 10.0. The van der Waals surface area contributed by atoms with Crippen LogP contribution in [0.25, 0.3) is 0 Å². The lowest BCUT2D eigenvalue weighted by molar-refractivity contribution is -0.140. The first-order chi connectivity index (χ1) is 12.9. The average Bonchev–Trinajstić information content (AvgIpc) is 2.80. The molecule has 1 aromatic rings. The molecule has 0 bridgehead atoms. The van der Waals surface area contributed by atoms with Gasteiger partial charge in [-0.05, 0) is 17.9 Å². The van der Waals surface area contributed by atoms with Crippen LogP contribution in [-0.2, 0) is 25.7 Å². The molecule has 9 nitrogen and oxygen atoms in total. The number of hydrogen-bond acceptors (Lipinski definition) is 6. The highest BCUT2D eigenvalue weighted by atomic mass is 16.5. The average molecular weight is 376 g/mol. The van der Waals surface area contributed by atoms with Gasteiger partial charge in [0.2, 0.25) is 11.7 Å². The van der Waals surface area contributed by atoms with Crippen molar-refractivity contribution < 1.29 is 23.9 Å². The zero-order chi connectivity index (χ0) is 19.8. The summed E-state index contributed by atoms with van der Waals surface area (Å²) >= 11 is 0. The van der Waals surface area contributed by atoms with Gasteiger partial charge in [0, 0.05) is 6.54 Å². The molecule has 1 aromatic carbocycles. The smallest absolute Gasteiger partial charge is 0.408 e. The number of alkyl carbamates (subject to hydrolysis) is 1. The van der Waals surface area contributed by atoms with Crippen LogP contribution in [-0.4, -0.2) is 42.3 Å². The number of Topliss-reactive ketones (excluding diaryl/α,β-unsaturated/α-hetero) is 1. The van der Waals surface area contributed by atoms with E-state index in [2.05, 4.69) is 21.5 Å². The largest absolute Gasteiger partial charge is 0.445 e. The summed E-state index contributed by atoms with van der Waals surface area (Å²) in [6.45, 7) is 3.92. The quantitative estimate of drug-likeness (QED) is 0.519. The van der Waals surface area contributed by atoms with Crippen LogP contribution in [0.15, 0.2) is 30.3 Å². The zero-order valence-electron chi connectivity index (χ0n) is 15.3. The van der Waals surface area contributed by atoms with Crippen LogP contribution < -0.4 is 21.5 Å². The first kappa shape index (κ1) is 20.4. The van der Waals surface area contributed by atoms with E-state index in [0.29, 0.717) is 6.54 Å². The molecule has 1 aliphatic rings. The van der Waals surface area contributed by atoms with E-state index in [-0.39, 0.29) is 18.9 Å². The highest BCUT2D eigenvalue weighted by Gasteiger charge is 2.32. The summed E-state index contributed by atoms with van der Waals surface area (Å²) in [4.78, 5) is 48.1. The van der Waals surface area contributed by atoms with E-state index >= 15 is 0 Å². The number of benzene rings is 1. The molecule has 2 atom stereocenters. The first-order valence-electron chi connectivity index (χ1n) is 8.73. The molecule has 2 rings (SSSR count). The molecule has 0 aromatic heterocycles. The van der Waals surface area contributed by atoms with Crippen molar-refractivity contribution in [2.45, 2.75) is 39.0 Å². The van der Waals surface area contributed by atoms with Gasteiger partial charge in [0.25, 0.3) is 0 Å². The van der Waals surface area contributed by atoms with Crippen LogP contribution in [0.3, 0.4) is 0 Å². The predicted octanol–water partition coefficient (Wildman–Crippen LogP) is 0.0158. The minimum Gasteiger partial charge on any atom is -0.445 e. The Hall–Kier alpha value is -2.94. The monoisotopic (exact) mass is 376 g/mol. The number of hydrazine groups is 1. The standard InChI is InChI=1S/C18H24N4O5/c1-11(2)14(21-18(26)27-10-12-6-4-3-5-7-12)16(24)20-13-8-9-19-22-17(25)15(13)23/h3-7,11,13-14,19H,8-10H2,1-2H3,(H,20,24)(H,21,26)(H,22,25). The molecule has 4 N–H and O–H groups in total. The van der Waals surface area contributed by atoms with E-state index in [4.69, 9.17) is 4.74 Å². The zero-order valence-corrected chi connectivity index (χ0v) is 15.3. The lowest BCUT2D eigenvalue weighted by Crippen LogP contribution is -2.54. The van der Waals surface area contributed by atoms with E-state index in [9.17, 15) is 19.2 Å². The summed E-state index contributed by atoms with van der Waals surface area (Å²) in [6, 6.07) is 7.29. The number of hydrogen-bond donors (Lipinski definition) is 4. The third-order valence-corrected chi connectivity index (χ3v) is 4.05. The second-order valence-electron chi connectivity index (χ2n) is 6.52. The molecule has 1 aliphatic heterocycles. The van der Waals surface area contributed by atoms with Gasteiger partial charge in [0.15, 0.2) is 0 Å². The van der Waals surface area contributed by atoms with Gasteiger partial charge >= 0.3 is 12.0 Å². The van der Waals surface area contributed by atoms with E-state index < -0.39 is 35.8 Å². The Morgan fingerprint density at radius 2 is 1.93 bits per heavy atom. The molecule has 0 aliphatic carbocycles. The topological polar surface area (TPSA) is 126 Å². The SMILES string of the molecule is CC(C)C(NC(=O)OCc1ccccc1)C(=O)NC1CCNNC(=O)C1=O. The molecule has 9 heteroatoms. The number of carbonyl (C=O) groups is 4. The van der Waals surface area contributed by atoms with Gasteiger partial charge in [0.1, 0.15) is 12.6 Å². The molecule has 1 saturated heterocycles. The number of rotatable bonds is 6. The molecule has 0 radical (unpaired) electrons. The minimum atomic E-state index is -0.948. The third-order valence-electron chi connectivity index (χ3n) is 4.05. The van der Waals surface area contributed by atoms with E-state index in [1.807, 2.05) is 30.3 Å². The minimum absolute atomic E-state index is 0.0755. The van der Waals surface area contributed by atoms with Gasteiger partial charge in [0.05, 0.1) is 6.04 Å². The number of ketones is 1. The fourth-order valence-corrected chi connectivity index (χ4v) is 2.54. The van der Waals surface area contributed by atoms with Crippen LogP contribution in [0.2, 0.25) is 0 Å². The van der Waals surface area contributed by atoms with Gasteiger partial charge in [-0.1, -0.05) is 44.2 Å². The molecular formula is C18H24N4O5. The molecule has 1 heterocycles. The Morgan fingerprint density at radius 1 is 1.22 bits per heavy atom. The van der Waals surface area contributed by atoms with Crippen LogP contribution >= 0.6 is 0 Å². The maximum Gasteiger partial charge on any atom is 0.408 e. The van der Waals surface area contributed by atoms with Gasteiger partial charge < -0.3 is 15.4 Å². The van der Waals surface area contributed by atoms with Gasteiger partial charge in [-0.15, -0.1) is 0 Å². The maximum atomic E-state index is 12.5. The van der Waals surface area contributed by atoms with Crippen LogP contribution in [0.4, 0.5) is 4.79 Å². The fourth-order valence-electron chi connectivity index (χ4n) is 2.54. The van der Waals surface area contributed by atoms with Gasteiger partial charge in [-0.3, -0.25) is 19.8 Å². The Morgan fingerprint density at radius 3 is 2.59 bits per heavy atom. The normalized spacial score (nSPS) is 18.3. The fraction of sp³-hybridized carbons (Fsp3) is 0.444. The van der Waals surface area contributed by atoms with Crippen molar-refractivity contribution in [3.05, 3.63) is 35.9 Å². The Bertz CT molecular complexity index is 692. The number of ether oxygens (including phenoxy) is 1. The first-order valence-corrected chi connectivity index (χ1v) is 8.73. The second kappa shape index (κ2) is 9.67. The molecule has 146 valence electrons. The highest BCUT2D eigenvalue weighted by Crippen LogP contribution is 2.06. The van der Waals surface area contributed by atoms with Gasteiger partial charge in [-0.2, -0.15) is 0 Å². The van der Waals surface area contributed by atoms with Crippen molar-refractivity contribution in [3.63, 3.8) is 0 Å². The molecule has 27 heavy (non-hydrogen) atoms.